The van der Waals surface area contributed by atoms with Gasteiger partial charge in [0.05, 0.1) is 0 Å². The molecule has 2 atom stereocenters. The fourth-order valence-corrected chi connectivity index (χ4v) is 3.98. The van der Waals surface area contributed by atoms with Gasteiger partial charge in [-0.1, -0.05) is 11.1 Å². The van der Waals surface area contributed by atoms with Gasteiger partial charge < -0.3 is 0 Å². The van der Waals surface area contributed by atoms with Gasteiger partial charge in [-0.3, -0.25) is 0 Å². The van der Waals surface area contributed by atoms with Gasteiger partial charge in [0, 0.05) is 10.2 Å². The SMILES string of the molecule is CC1=C(C[SiH3])[C@H]2CC[C@H]1C2. The first kappa shape index (κ1) is 6.65. The Bertz CT molecular complexity index is 181. The van der Waals surface area contributed by atoms with Crippen LogP contribution in [0.1, 0.15) is 26.2 Å². The summed E-state index contributed by atoms with van der Waals surface area (Å²) in [6.45, 7) is 2.37. The molecule has 2 rings (SSSR count). The normalized spacial score (nSPS) is 38.1. The summed E-state index contributed by atoms with van der Waals surface area (Å²) in [5.41, 5.74) is 3.65. The Hall–Kier alpha value is -0.0431. The first-order valence-electron chi connectivity index (χ1n) is 4.52. The van der Waals surface area contributed by atoms with E-state index in [1.807, 2.05) is 5.57 Å². The summed E-state index contributed by atoms with van der Waals surface area (Å²) >= 11 is 0. The lowest BCUT2D eigenvalue weighted by Crippen LogP contribution is -2.00. The standard InChI is InChI=1S/C9H16Si/c1-6-7-2-3-8(4-7)9(6)5-10/h7-8H,2-5H2,1,10H3/t7-,8-/m0/s1. The van der Waals surface area contributed by atoms with Crippen molar-refractivity contribution in [3.63, 3.8) is 0 Å². The zero-order chi connectivity index (χ0) is 7.14. The lowest BCUT2D eigenvalue weighted by Gasteiger charge is -2.15. The van der Waals surface area contributed by atoms with E-state index in [2.05, 4.69) is 6.92 Å². The zero-order valence-electron chi connectivity index (χ0n) is 6.98. The van der Waals surface area contributed by atoms with Crippen LogP contribution in [0.25, 0.3) is 0 Å². The summed E-state index contributed by atoms with van der Waals surface area (Å²) in [4.78, 5) is 0. The zero-order valence-corrected chi connectivity index (χ0v) is 8.98. The number of rotatable bonds is 1. The summed E-state index contributed by atoms with van der Waals surface area (Å²) in [6, 6.07) is 1.45. The van der Waals surface area contributed by atoms with E-state index >= 15 is 0 Å². The van der Waals surface area contributed by atoms with Crippen molar-refractivity contribution < 1.29 is 0 Å². The Kier molecular flexibility index (Phi) is 1.48. The van der Waals surface area contributed by atoms with Gasteiger partial charge >= 0.3 is 0 Å². The highest BCUT2D eigenvalue weighted by Gasteiger charge is 2.35. The van der Waals surface area contributed by atoms with E-state index in [0.29, 0.717) is 0 Å². The summed E-state index contributed by atoms with van der Waals surface area (Å²) in [5.74, 6) is 2.07. The minimum absolute atomic E-state index is 1.02. The monoisotopic (exact) mass is 152 g/mol. The maximum atomic E-state index is 2.37. The predicted octanol–water partition coefficient (Wildman–Crippen LogP) is 1.52. The van der Waals surface area contributed by atoms with Crippen molar-refractivity contribution in [3.8, 4) is 0 Å². The van der Waals surface area contributed by atoms with Gasteiger partial charge in [0.25, 0.3) is 0 Å². The van der Waals surface area contributed by atoms with Crippen molar-refractivity contribution in [1.29, 1.82) is 0 Å². The van der Waals surface area contributed by atoms with Crippen LogP contribution < -0.4 is 0 Å². The van der Waals surface area contributed by atoms with E-state index in [1.165, 1.54) is 35.5 Å². The molecule has 2 bridgehead atoms. The second-order valence-corrected chi connectivity index (χ2v) is 4.48. The van der Waals surface area contributed by atoms with Crippen LogP contribution in [0.15, 0.2) is 11.1 Å². The average Bonchev–Trinajstić information content (AvgIpc) is 2.46. The molecule has 0 aromatic rings. The molecule has 10 heavy (non-hydrogen) atoms. The Morgan fingerprint density at radius 1 is 1.40 bits per heavy atom. The maximum Gasteiger partial charge on any atom is 0.00793 e. The molecule has 1 fully saturated rings. The first-order chi connectivity index (χ1) is 4.83. The molecule has 0 heterocycles. The molecule has 1 saturated carbocycles. The minimum Gasteiger partial charge on any atom is -0.0714 e. The molecule has 0 N–H and O–H groups in total. The van der Waals surface area contributed by atoms with Crippen LogP contribution in [0.5, 0.6) is 0 Å². The van der Waals surface area contributed by atoms with Crippen LogP contribution in [-0.4, -0.2) is 10.2 Å². The Balaban J connectivity index is 2.29. The molecule has 0 aromatic heterocycles. The summed E-state index contributed by atoms with van der Waals surface area (Å²) in [5, 5.41) is 0. The second-order valence-electron chi connectivity index (χ2n) is 3.77. The molecule has 56 valence electrons. The number of fused-ring (bicyclic) bond motifs is 2. The van der Waals surface area contributed by atoms with Crippen molar-refractivity contribution >= 4 is 10.2 Å². The minimum atomic E-state index is 1.02. The van der Waals surface area contributed by atoms with Crippen molar-refractivity contribution in [2.45, 2.75) is 32.2 Å². The van der Waals surface area contributed by atoms with Gasteiger partial charge in [-0.2, -0.15) is 0 Å². The summed E-state index contributed by atoms with van der Waals surface area (Å²) < 4.78 is 0. The van der Waals surface area contributed by atoms with Gasteiger partial charge in [0.15, 0.2) is 0 Å². The molecule has 0 nitrogen and oxygen atoms in total. The molecule has 0 amide bonds. The van der Waals surface area contributed by atoms with Crippen LogP contribution in [0.4, 0.5) is 0 Å². The third kappa shape index (κ3) is 0.731. The van der Waals surface area contributed by atoms with E-state index in [4.69, 9.17) is 0 Å². The third-order valence-corrected chi connectivity index (χ3v) is 4.19. The van der Waals surface area contributed by atoms with Crippen molar-refractivity contribution in [1.82, 2.24) is 0 Å². The average molecular weight is 152 g/mol. The van der Waals surface area contributed by atoms with E-state index in [1.54, 1.807) is 5.57 Å². The van der Waals surface area contributed by atoms with Gasteiger partial charge in [-0.05, 0) is 44.1 Å². The largest absolute Gasteiger partial charge is 0.0714 e. The van der Waals surface area contributed by atoms with Crippen molar-refractivity contribution in [2.24, 2.45) is 11.8 Å². The fourth-order valence-electron chi connectivity index (χ4n) is 2.84. The second kappa shape index (κ2) is 2.23. The Morgan fingerprint density at radius 3 is 2.50 bits per heavy atom. The van der Waals surface area contributed by atoms with Crippen LogP contribution in [-0.2, 0) is 0 Å². The molecular weight excluding hydrogens is 136 g/mol. The van der Waals surface area contributed by atoms with Crippen molar-refractivity contribution in [3.05, 3.63) is 11.1 Å². The number of hydrogen-bond acceptors (Lipinski definition) is 0. The number of allylic oxidation sites excluding steroid dienone is 2. The smallest absolute Gasteiger partial charge is 0.00793 e. The molecule has 2 aliphatic carbocycles. The molecule has 0 radical (unpaired) electrons. The van der Waals surface area contributed by atoms with E-state index in [-0.39, 0.29) is 0 Å². The molecule has 0 spiro atoms. The van der Waals surface area contributed by atoms with Crippen LogP contribution in [0.3, 0.4) is 0 Å². The van der Waals surface area contributed by atoms with Crippen LogP contribution in [0, 0.1) is 11.8 Å². The summed E-state index contributed by atoms with van der Waals surface area (Å²) in [6.07, 6.45) is 4.53. The molecule has 2 aliphatic rings. The molecular formula is C9H16Si. The highest BCUT2D eigenvalue weighted by atomic mass is 28.1. The maximum absolute atomic E-state index is 2.37. The van der Waals surface area contributed by atoms with Crippen molar-refractivity contribution in [2.75, 3.05) is 0 Å². The fraction of sp³-hybridized carbons (Fsp3) is 0.778. The van der Waals surface area contributed by atoms with Crippen LogP contribution >= 0.6 is 0 Å². The first-order valence-corrected chi connectivity index (χ1v) is 5.94. The highest BCUT2D eigenvalue weighted by molar-refractivity contribution is 6.10. The topological polar surface area (TPSA) is 0 Å². The summed E-state index contributed by atoms with van der Waals surface area (Å²) in [7, 11) is 1.38. The van der Waals surface area contributed by atoms with Crippen LogP contribution in [0.2, 0.25) is 6.04 Å². The van der Waals surface area contributed by atoms with E-state index < -0.39 is 0 Å². The van der Waals surface area contributed by atoms with Gasteiger partial charge in [-0.25, -0.2) is 0 Å². The Labute approximate surface area is 66.1 Å². The molecule has 0 aliphatic heterocycles. The molecule has 1 heteroatoms. The third-order valence-electron chi connectivity index (χ3n) is 3.43. The van der Waals surface area contributed by atoms with Gasteiger partial charge in [-0.15, -0.1) is 0 Å². The van der Waals surface area contributed by atoms with E-state index in [9.17, 15) is 0 Å². The molecule has 0 unspecified atom stereocenters. The predicted molar refractivity (Wildman–Crippen MR) is 48.3 cm³/mol. The molecule has 0 saturated heterocycles. The van der Waals surface area contributed by atoms with E-state index in [0.717, 1.165) is 11.8 Å². The lowest BCUT2D eigenvalue weighted by atomic mass is 9.94. The lowest BCUT2D eigenvalue weighted by molar-refractivity contribution is 0.648. The highest BCUT2D eigenvalue weighted by Crippen LogP contribution is 2.49. The Morgan fingerprint density at radius 2 is 2.10 bits per heavy atom. The quantitative estimate of drug-likeness (QED) is 0.395. The molecule has 0 aromatic carbocycles. The number of hydrogen-bond donors (Lipinski definition) is 0. The van der Waals surface area contributed by atoms with Gasteiger partial charge in [0.1, 0.15) is 0 Å². The van der Waals surface area contributed by atoms with Gasteiger partial charge in [0.2, 0.25) is 0 Å².